The second-order valence-corrected chi connectivity index (χ2v) is 7.71. The van der Waals surface area contributed by atoms with E-state index >= 15 is 0 Å². The summed E-state index contributed by atoms with van der Waals surface area (Å²) in [6, 6.07) is 0. The lowest BCUT2D eigenvalue weighted by molar-refractivity contribution is -0.146. The Bertz CT molecular complexity index is 323. The first-order valence-electron chi connectivity index (χ1n) is 11.9. The Labute approximate surface area is 189 Å². The van der Waals surface area contributed by atoms with E-state index in [-0.39, 0.29) is 26.4 Å². The van der Waals surface area contributed by atoms with Crippen molar-refractivity contribution in [2.75, 3.05) is 26.4 Å². The third kappa shape index (κ3) is 36.9. The minimum atomic E-state index is -1.16. The molecule has 0 fully saturated rings. The average Bonchev–Trinajstić information content (AvgIpc) is 2.78. The molecule has 7 N–H and O–H groups in total. The SMILES string of the molecule is CCCCCCCCCCCCCCCCC(O)C(=O)O.OCC(O)CO.OCCO. The Balaban J connectivity index is -0.000000647. The van der Waals surface area contributed by atoms with Gasteiger partial charge in [0.25, 0.3) is 0 Å². The van der Waals surface area contributed by atoms with Crippen molar-refractivity contribution in [2.45, 2.75) is 115 Å². The number of unbranched alkanes of at least 4 members (excludes halogenated alkanes) is 13. The molecule has 0 aromatic rings. The first-order valence-corrected chi connectivity index (χ1v) is 11.9. The highest BCUT2D eigenvalue weighted by molar-refractivity contribution is 5.71. The lowest BCUT2D eigenvalue weighted by atomic mass is 10.0. The predicted molar refractivity (Wildman–Crippen MR) is 123 cm³/mol. The first-order chi connectivity index (χ1) is 14.9. The molecule has 0 aliphatic rings. The van der Waals surface area contributed by atoms with Crippen LogP contribution in [0.4, 0.5) is 0 Å². The molecule has 31 heavy (non-hydrogen) atoms. The summed E-state index contributed by atoms with van der Waals surface area (Å²) in [4.78, 5) is 10.4. The van der Waals surface area contributed by atoms with Gasteiger partial charge in [0.2, 0.25) is 0 Å². The monoisotopic (exact) mass is 454 g/mol. The number of carboxylic acids is 1. The summed E-state index contributed by atoms with van der Waals surface area (Å²) in [6.45, 7) is 1.28. The van der Waals surface area contributed by atoms with Crippen LogP contribution in [0.5, 0.6) is 0 Å². The fourth-order valence-electron chi connectivity index (χ4n) is 2.71. The quantitative estimate of drug-likeness (QED) is 0.147. The van der Waals surface area contributed by atoms with E-state index < -0.39 is 18.2 Å². The van der Waals surface area contributed by atoms with Crippen molar-refractivity contribution in [1.29, 1.82) is 0 Å². The summed E-state index contributed by atoms with van der Waals surface area (Å²) in [5, 5.41) is 56.9. The number of hydrogen-bond acceptors (Lipinski definition) is 7. The average molecular weight is 455 g/mol. The van der Waals surface area contributed by atoms with Gasteiger partial charge in [0.05, 0.1) is 26.4 Å². The molecular formula is C23H50O8. The van der Waals surface area contributed by atoms with Gasteiger partial charge in [-0.2, -0.15) is 0 Å². The van der Waals surface area contributed by atoms with Gasteiger partial charge in [0.15, 0.2) is 6.10 Å². The lowest BCUT2D eigenvalue weighted by Crippen LogP contribution is -2.18. The molecule has 0 spiro atoms. The molecule has 0 saturated carbocycles. The molecule has 1 atom stereocenters. The van der Waals surface area contributed by atoms with Gasteiger partial charge in [-0.1, -0.05) is 96.8 Å². The van der Waals surface area contributed by atoms with Gasteiger partial charge < -0.3 is 35.7 Å². The maximum absolute atomic E-state index is 10.4. The maximum Gasteiger partial charge on any atom is 0.332 e. The van der Waals surface area contributed by atoms with Crippen LogP contribution in [-0.4, -0.2) is 80.4 Å². The molecule has 190 valence electrons. The molecule has 0 aromatic carbocycles. The minimum Gasteiger partial charge on any atom is -0.479 e. The Morgan fingerprint density at radius 2 is 0.935 bits per heavy atom. The standard InChI is InChI=1S/C18H36O3.C3H8O3.C2H6O2/c1-2-3-4-5-6-7-8-9-10-11-12-13-14-15-16-17(19)18(20)21;4-1-3(6)2-5;3-1-2-4/h17,19H,2-16H2,1H3,(H,20,21);3-6H,1-2H2;3-4H,1-2H2. The van der Waals surface area contributed by atoms with Gasteiger partial charge >= 0.3 is 5.97 Å². The van der Waals surface area contributed by atoms with Crippen LogP contribution in [0.1, 0.15) is 103 Å². The summed E-state index contributed by atoms with van der Waals surface area (Å²) in [7, 11) is 0. The van der Waals surface area contributed by atoms with Crippen LogP contribution in [0.15, 0.2) is 0 Å². The van der Waals surface area contributed by atoms with Crippen LogP contribution < -0.4 is 0 Å². The van der Waals surface area contributed by atoms with Crippen molar-refractivity contribution in [3.8, 4) is 0 Å². The summed E-state index contributed by atoms with van der Waals surface area (Å²) < 4.78 is 0. The van der Waals surface area contributed by atoms with Gasteiger partial charge in [0.1, 0.15) is 6.10 Å². The predicted octanol–water partition coefficient (Wildman–Crippen LogP) is 2.61. The van der Waals surface area contributed by atoms with Crippen molar-refractivity contribution < 1.29 is 40.5 Å². The fraction of sp³-hybridized carbons (Fsp3) is 0.957. The Kier molecular flexibility index (Phi) is 35.3. The van der Waals surface area contributed by atoms with Crippen LogP contribution in [0.2, 0.25) is 0 Å². The largest absolute Gasteiger partial charge is 0.479 e. The molecule has 0 radical (unpaired) electrons. The van der Waals surface area contributed by atoms with Crippen LogP contribution in [0.3, 0.4) is 0 Å². The molecule has 0 amide bonds. The Morgan fingerprint density at radius 3 is 1.16 bits per heavy atom. The van der Waals surface area contributed by atoms with E-state index in [2.05, 4.69) is 6.92 Å². The van der Waals surface area contributed by atoms with Gasteiger partial charge in [-0.05, 0) is 6.42 Å². The van der Waals surface area contributed by atoms with E-state index in [4.69, 9.17) is 35.7 Å². The molecule has 0 saturated heterocycles. The Morgan fingerprint density at radius 1 is 0.613 bits per heavy atom. The van der Waals surface area contributed by atoms with E-state index in [0.29, 0.717) is 6.42 Å². The van der Waals surface area contributed by atoms with Crippen molar-refractivity contribution >= 4 is 5.97 Å². The number of carboxylic acid groups (broad SMARTS) is 1. The first kappa shape index (κ1) is 34.8. The molecular weight excluding hydrogens is 404 g/mol. The maximum atomic E-state index is 10.4. The topological polar surface area (TPSA) is 159 Å². The van der Waals surface area contributed by atoms with Gasteiger partial charge in [-0.3, -0.25) is 0 Å². The summed E-state index contributed by atoms with van der Waals surface area (Å²) in [5.74, 6) is -1.09. The van der Waals surface area contributed by atoms with Gasteiger partial charge in [-0.25, -0.2) is 4.79 Å². The fourth-order valence-corrected chi connectivity index (χ4v) is 2.71. The van der Waals surface area contributed by atoms with Crippen LogP contribution in [0, 0.1) is 0 Å². The summed E-state index contributed by atoms with van der Waals surface area (Å²) >= 11 is 0. The highest BCUT2D eigenvalue weighted by Gasteiger charge is 2.11. The van der Waals surface area contributed by atoms with Crippen molar-refractivity contribution in [3.05, 3.63) is 0 Å². The van der Waals surface area contributed by atoms with Crippen molar-refractivity contribution in [3.63, 3.8) is 0 Å². The zero-order valence-electron chi connectivity index (χ0n) is 19.6. The Hall–Kier alpha value is -0.770. The second kappa shape index (κ2) is 31.4. The molecule has 0 rings (SSSR count). The molecule has 0 bridgehead atoms. The zero-order chi connectivity index (χ0) is 24.2. The number of hydrogen-bond donors (Lipinski definition) is 7. The number of carbonyl (C=O) groups is 1. The molecule has 0 aliphatic heterocycles. The highest BCUT2D eigenvalue weighted by Crippen LogP contribution is 2.13. The van der Waals surface area contributed by atoms with Crippen LogP contribution in [-0.2, 0) is 4.79 Å². The van der Waals surface area contributed by atoms with Gasteiger partial charge in [-0.15, -0.1) is 0 Å². The normalized spacial score (nSPS) is 11.4. The number of aliphatic hydroxyl groups excluding tert-OH is 6. The van der Waals surface area contributed by atoms with Crippen LogP contribution >= 0.6 is 0 Å². The summed E-state index contributed by atoms with van der Waals surface area (Å²) in [5.41, 5.74) is 0. The minimum absolute atomic E-state index is 0.125. The number of aliphatic hydroxyl groups is 6. The molecule has 0 aliphatic carbocycles. The van der Waals surface area contributed by atoms with E-state index in [1.54, 1.807) is 0 Å². The van der Waals surface area contributed by atoms with E-state index in [1.165, 1.54) is 77.0 Å². The lowest BCUT2D eigenvalue weighted by Gasteiger charge is -2.05. The molecule has 0 heterocycles. The molecule has 1 unspecified atom stereocenters. The van der Waals surface area contributed by atoms with Crippen molar-refractivity contribution in [1.82, 2.24) is 0 Å². The van der Waals surface area contributed by atoms with Crippen LogP contribution in [0.25, 0.3) is 0 Å². The zero-order valence-corrected chi connectivity index (χ0v) is 19.6. The number of aliphatic carboxylic acids is 1. The van der Waals surface area contributed by atoms with Crippen molar-refractivity contribution in [2.24, 2.45) is 0 Å². The smallest absolute Gasteiger partial charge is 0.332 e. The molecule has 0 aromatic heterocycles. The highest BCUT2D eigenvalue weighted by atomic mass is 16.4. The molecule has 8 heteroatoms. The van der Waals surface area contributed by atoms with Gasteiger partial charge in [0, 0.05) is 0 Å². The number of rotatable bonds is 19. The second-order valence-electron chi connectivity index (χ2n) is 7.71. The van der Waals surface area contributed by atoms with E-state index in [0.717, 1.165) is 12.8 Å². The third-order valence-electron chi connectivity index (χ3n) is 4.64. The third-order valence-corrected chi connectivity index (χ3v) is 4.64. The summed E-state index contributed by atoms with van der Waals surface area (Å²) in [6.07, 6.45) is 16.3. The van der Waals surface area contributed by atoms with E-state index in [1.807, 2.05) is 0 Å². The molecule has 8 nitrogen and oxygen atoms in total. The van der Waals surface area contributed by atoms with E-state index in [9.17, 15) is 4.79 Å².